The third kappa shape index (κ3) is 2.55. The molecule has 4 nitrogen and oxygen atoms in total. The van der Waals surface area contributed by atoms with Crippen LogP contribution >= 0.6 is 24.6 Å². The molecule has 1 atom stereocenters. The van der Waals surface area contributed by atoms with Crippen molar-refractivity contribution in [3.63, 3.8) is 0 Å². The summed E-state index contributed by atoms with van der Waals surface area (Å²) in [4.78, 5) is 0. The molecule has 0 aromatic carbocycles. The minimum absolute atomic E-state index is 0. The van der Waals surface area contributed by atoms with Gasteiger partial charge in [0.15, 0.2) is 0 Å². The Balaban J connectivity index is 0.000000810. The smallest absolute Gasteiger partial charge is 0.304 e. The maximum absolute atomic E-state index is 5.23. The van der Waals surface area contributed by atoms with Gasteiger partial charge >= 0.3 is 5.17 Å². The van der Waals surface area contributed by atoms with E-state index >= 15 is 0 Å². The first-order chi connectivity index (χ1) is 4.33. The summed E-state index contributed by atoms with van der Waals surface area (Å²) in [5, 5.41) is 7.42. The number of ether oxygens (including phenoxy) is 1. The monoisotopic (exact) mass is 181 g/mol. The summed E-state index contributed by atoms with van der Waals surface area (Å²) in [5.41, 5.74) is 5.23. The van der Waals surface area contributed by atoms with Crippen LogP contribution in [0.25, 0.3) is 0 Å². The normalized spacial score (nSPS) is 22.1. The van der Waals surface area contributed by atoms with E-state index in [1.54, 1.807) is 0 Å². The van der Waals surface area contributed by atoms with Crippen LogP contribution in [-0.4, -0.2) is 17.9 Å². The van der Waals surface area contributed by atoms with Crippen LogP contribution in [0.5, 0.6) is 0 Å². The minimum atomic E-state index is -0.220. The second kappa shape index (κ2) is 4.54. The highest BCUT2D eigenvalue weighted by molar-refractivity contribution is 7.80. The summed E-state index contributed by atoms with van der Waals surface area (Å²) < 4.78 is 4.92. The van der Waals surface area contributed by atoms with Crippen LogP contribution in [0.2, 0.25) is 0 Å². The van der Waals surface area contributed by atoms with E-state index in [1.165, 1.54) is 0 Å². The average Bonchev–Trinajstić information content (AvgIpc) is 2.17. The van der Waals surface area contributed by atoms with Crippen molar-refractivity contribution in [1.29, 1.82) is 0 Å². The molecular formula is C4H8ClN3OS. The van der Waals surface area contributed by atoms with Crippen LogP contribution < -0.4 is 5.73 Å². The van der Waals surface area contributed by atoms with Crippen molar-refractivity contribution >= 4 is 29.8 Å². The molecule has 1 aliphatic heterocycles. The van der Waals surface area contributed by atoms with Gasteiger partial charge in [0.1, 0.15) is 0 Å². The zero-order valence-electron chi connectivity index (χ0n) is 5.19. The fraction of sp³-hybridized carbons (Fsp3) is 0.750. The topological polar surface area (TPSA) is 60.0 Å². The second-order valence-electron chi connectivity index (χ2n) is 1.63. The van der Waals surface area contributed by atoms with Crippen molar-refractivity contribution in [3.05, 3.63) is 0 Å². The summed E-state index contributed by atoms with van der Waals surface area (Å²) in [7, 11) is 0. The Labute approximate surface area is 70.2 Å². The van der Waals surface area contributed by atoms with Crippen LogP contribution in [0, 0.1) is 0 Å². The maximum atomic E-state index is 5.23. The van der Waals surface area contributed by atoms with Crippen LogP contribution in [0.4, 0.5) is 0 Å². The van der Waals surface area contributed by atoms with E-state index in [1.807, 2.05) is 0 Å². The van der Waals surface area contributed by atoms with Gasteiger partial charge in [0.25, 0.3) is 0 Å². The molecule has 0 saturated carbocycles. The number of rotatable bonds is 2. The Morgan fingerprint density at radius 1 is 1.70 bits per heavy atom. The predicted octanol–water partition coefficient (Wildman–Crippen LogP) is 0.850. The van der Waals surface area contributed by atoms with Gasteiger partial charge in [-0.1, -0.05) is 0 Å². The van der Waals surface area contributed by atoms with Gasteiger partial charge in [-0.25, -0.2) is 0 Å². The Hall–Kier alpha value is -0.260. The number of azo groups is 1. The van der Waals surface area contributed by atoms with Crippen LogP contribution in [0.1, 0.15) is 6.42 Å². The predicted molar refractivity (Wildman–Crippen MR) is 43.2 cm³/mol. The Morgan fingerprint density at radius 3 is 2.80 bits per heavy atom. The third-order valence-corrected chi connectivity index (χ3v) is 1.10. The summed E-state index contributed by atoms with van der Waals surface area (Å²) in [6.45, 7) is 0.548. The zero-order chi connectivity index (χ0) is 6.69. The van der Waals surface area contributed by atoms with E-state index in [0.29, 0.717) is 13.0 Å². The molecule has 6 heteroatoms. The van der Waals surface area contributed by atoms with E-state index in [9.17, 15) is 0 Å². The first-order valence-electron chi connectivity index (χ1n) is 2.64. The lowest BCUT2D eigenvalue weighted by molar-refractivity contribution is 0.213. The molecule has 0 bridgehead atoms. The average molecular weight is 182 g/mol. The largest absolute Gasteiger partial charge is 0.441 e. The lowest BCUT2D eigenvalue weighted by Crippen LogP contribution is -2.12. The van der Waals surface area contributed by atoms with E-state index < -0.39 is 0 Å². The lowest BCUT2D eigenvalue weighted by Gasteiger charge is -2.01. The van der Waals surface area contributed by atoms with E-state index in [4.69, 9.17) is 10.5 Å². The molecule has 10 heavy (non-hydrogen) atoms. The molecule has 1 unspecified atom stereocenters. The van der Waals surface area contributed by atoms with Crippen LogP contribution in [-0.2, 0) is 4.74 Å². The van der Waals surface area contributed by atoms with E-state index in [2.05, 4.69) is 22.4 Å². The summed E-state index contributed by atoms with van der Waals surface area (Å²) in [6, 6.07) is 0. The summed E-state index contributed by atoms with van der Waals surface area (Å²) in [6.07, 6.45) is 0.464. The number of nitrogens with zero attached hydrogens (tertiary/aromatic N) is 2. The first-order valence-corrected chi connectivity index (χ1v) is 3.05. The van der Waals surface area contributed by atoms with Crippen molar-refractivity contribution in [2.45, 2.75) is 12.6 Å². The fourth-order valence-electron chi connectivity index (χ4n) is 0.534. The van der Waals surface area contributed by atoms with Gasteiger partial charge in [0.05, 0.1) is 0 Å². The van der Waals surface area contributed by atoms with Crippen molar-refractivity contribution in [3.8, 4) is 0 Å². The van der Waals surface area contributed by atoms with Crippen LogP contribution in [0.3, 0.4) is 0 Å². The molecule has 1 heterocycles. The molecule has 0 aromatic rings. The third-order valence-electron chi connectivity index (χ3n) is 0.919. The van der Waals surface area contributed by atoms with E-state index in [-0.39, 0.29) is 23.8 Å². The Kier molecular flexibility index (Phi) is 4.42. The molecule has 2 N–H and O–H groups in total. The molecule has 0 fully saturated rings. The van der Waals surface area contributed by atoms with Crippen molar-refractivity contribution < 1.29 is 4.74 Å². The molecule has 1 rings (SSSR count). The SMILES string of the molecule is Cl.NCCC1N=NC(=S)O1. The van der Waals surface area contributed by atoms with Gasteiger partial charge in [0, 0.05) is 6.42 Å². The van der Waals surface area contributed by atoms with Gasteiger partial charge in [-0.2, -0.15) is 0 Å². The molecule has 0 aromatic heterocycles. The fourth-order valence-corrected chi connectivity index (χ4v) is 0.693. The Morgan fingerprint density at radius 2 is 2.40 bits per heavy atom. The molecule has 0 amide bonds. The highest BCUT2D eigenvalue weighted by Crippen LogP contribution is 2.09. The molecule has 0 saturated heterocycles. The van der Waals surface area contributed by atoms with Crippen molar-refractivity contribution in [1.82, 2.24) is 0 Å². The van der Waals surface area contributed by atoms with Gasteiger partial charge in [-0.15, -0.1) is 22.6 Å². The van der Waals surface area contributed by atoms with Crippen molar-refractivity contribution in [2.24, 2.45) is 16.0 Å². The van der Waals surface area contributed by atoms with Gasteiger partial charge < -0.3 is 10.5 Å². The number of hydrogen-bond acceptors (Lipinski definition) is 4. The van der Waals surface area contributed by atoms with Gasteiger partial charge in [0.2, 0.25) is 6.23 Å². The highest BCUT2D eigenvalue weighted by atomic mass is 35.5. The van der Waals surface area contributed by atoms with Crippen molar-refractivity contribution in [2.75, 3.05) is 6.54 Å². The summed E-state index contributed by atoms with van der Waals surface area (Å²) >= 11 is 4.59. The maximum Gasteiger partial charge on any atom is 0.304 e. The number of hydrogen-bond donors (Lipinski definition) is 1. The number of nitrogens with two attached hydrogens (primary N) is 1. The molecular weight excluding hydrogens is 174 g/mol. The van der Waals surface area contributed by atoms with Crippen LogP contribution in [0.15, 0.2) is 10.2 Å². The Bertz CT molecular complexity index is 151. The molecule has 1 aliphatic rings. The van der Waals surface area contributed by atoms with E-state index in [0.717, 1.165) is 0 Å². The minimum Gasteiger partial charge on any atom is -0.441 e. The molecule has 0 radical (unpaired) electrons. The molecule has 0 spiro atoms. The quantitative estimate of drug-likeness (QED) is 0.643. The first kappa shape index (κ1) is 9.74. The van der Waals surface area contributed by atoms with Gasteiger partial charge in [-0.05, 0) is 18.8 Å². The summed E-state index contributed by atoms with van der Waals surface area (Å²) in [5.74, 6) is 0. The number of thiocarbonyl (C=S) groups is 1. The number of halogens is 1. The molecule has 0 aliphatic carbocycles. The lowest BCUT2D eigenvalue weighted by atomic mass is 10.4. The van der Waals surface area contributed by atoms with Gasteiger partial charge in [-0.3, -0.25) is 0 Å². The standard InChI is InChI=1S/C4H7N3OS.ClH/c5-2-1-3-6-7-4(9)8-3;/h3H,1-2,5H2;1H. The second-order valence-corrected chi connectivity index (χ2v) is 1.98. The molecule has 58 valence electrons. The zero-order valence-corrected chi connectivity index (χ0v) is 6.82. The highest BCUT2D eigenvalue weighted by Gasteiger charge is 2.14.